The van der Waals surface area contributed by atoms with E-state index in [1.165, 1.54) is 25.1 Å². The largest absolute Gasteiger partial charge is 0.383 e. The van der Waals surface area contributed by atoms with Gasteiger partial charge in [-0.1, -0.05) is 13.3 Å². The summed E-state index contributed by atoms with van der Waals surface area (Å²) in [6.07, 6.45) is 8.61. The second-order valence-electron chi connectivity index (χ2n) is 5.39. The number of nitrogen functional groups attached to an aromatic ring is 1. The van der Waals surface area contributed by atoms with Crippen molar-refractivity contribution in [3.63, 3.8) is 0 Å². The van der Waals surface area contributed by atoms with Crippen molar-refractivity contribution in [2.75, 3.05) is 5.73 Å². The molecule has 1 aliphatic rings. The summed E-state index contributed by atoms with van der Waals surface area (Å²) in [5.41, 5.74) is 8.22. The fourth-order valence-electron chi connectivity index (χ4n) is 2.44. The number of unbranched alkanes of at least 4 members (excludes halogenated alkanes) is 1. The molecular formula is C14H21N5. The summed E-state index contributed by atoms with van der Waals surface area (Å²) in [5.74, 6) is 2.58. The first-order valence-electron chi connectivity index (χ1n) is 7.05. The van der Waals surface area contributed by atoms with Crippen molar-refractivity contribution in [1.82, 2.24) is 19.3 Å². The van der Waals surface area contributed by atoms with Crippen LogP contribution >= 0.6 is 0 Å². The average Bonchev–Trinajstić information content (AvgIpc) is 3.07. The maximum Gasteiger partial charge on any atom is 0.131 e. The van der Waals surface area contributed by atoms with Gasteiger partial charge in [0.15, 0.2) is 0 Å². The molecule has 0 unspecified atom stereocenters. The van der Waals surface area contributed by atoms with Crippen LogP contribution in [0.25, 0.3) is 11.3 Å². The van der Waals surface area contributed by atoms with Gasteiger partial charge in [-0.3, -0.25) is 4.68 Å². The third-order valence-corrected chi connectivity index (χ3v) is 3.69. The van der Waals surface area contributed by atoms with Gasteiger partial charge < -0.3 is 10.3 Å². The lowest BCUT2D eigenvalue weighted by atomic mass is 10.2. The standard InChI is InChI=1S/C14H21N5/c1-3-4-7-19-13(15)12(11-8-16-18(2)9-11)17-14(19)10-5-6-10/h8-10H,3-7,15H2,1-2H3. The topological polar surface area (TPSA) is 61.7 Å². The number of aromatic nitrogens is 4. The first-order valence-corrected chi connectivity index (χ1v) is 7.05. The third-order valence-electron chi connectivity index (χ3n) is 3.69. The Labute approximate surface area is 113 Å². The van der Waals surface area contributed by atoms with Crippen molar-refractivity contribution >= 4 is 5.82 Å². The highest BCUT2D eigenvalue weighted by Crippen LogP contribution is 2.42. The molecule has 0 radical (unpaired) electrons. The lowest BCUT2D eigenvalue weighted by molar-refractivity contribution is 0.609. The summed E-state index contributed by atoms with van der Waals surface area (Å²) in [5, 5.41) is 4.21. The Bertz CT molecular complexity index is 577. The van der Waals surface area contributed by atoms with Crippen LogP contribution in [-0.4, -0.2) is 19.3 Å². The summed E-state index contributed by atoms with van der Waals surface area (Å²) in [6.45, 7) is 3.17. The molecule has 0 atom stereocenters. The van der Waals surface area contributed by atoms with Gasteiger partial charge in [0.25, 0.3) is 0 Å². The molecule has 19 heavy (non-hydrogen) atoms. The van der Waals surface area contributed by atoms with E-state index < -0.39 is 0 Å². The molecular weight excluding hydrogens is 238 g/mol. The fourth-order valence-corrected chi connectivity index (χ4v) is 2.44. The minimum Gasteiger partial charge on any atom is -0.383 e. The monoisotopic (exact) mass is 259 g/mol. The number of anilines is 1. The number of imidazole rings is 1. The van der Waals surface area contributed by atoms with Crippen LogP contribution < -0.4 is 5.73 Å². The first kappa shape index (κ1) is 12.3. The average molecular weight is 259 g/mol. The zero-order valence-electron chi connectivity index (χ0n) is 11.6. The molecule has 0 saturated heterocycles. The van der Waals surface area contributed by atoms with Crippen LogP contribution in [0.15, 0.2) is 12.4 Å². The van der Waals surface area contributed by atoms with Crippen LogP contribution in [0, 0.1) is 0 Å². The summed E-state index contributed by atoms with van der Waals surface area (Å²) >= 11 is 0. The van der Waals surface area contributed by atoms with Gasteiger partial charge in [0.2, 0.25) is 0 Å². The Balaban J connectivity index is 2.00. The summed E-state index contributed by atoms with van der Waals surface area (Å²) in [7, 11) is 1.91. The quantitative estimate of drug-likeness (QED) is 0.897. The SMILES string of the molecule is CCCCn1c(C2CC2)nc(-c2cnn(C)c2)c1N. The van der Waals surface area contributed by atoms with Gasteiger partial charge in [0.1, 0.15) is 17.3 Å². The predicted octanol–water partition coefficient (Wildman–Crippen LogP) is 2.54. The summed E-state index contributed by atoms with van der Waals surface area (Å²) < 4.78 is 4.00. The lowest BCUT2D eigenvalue weighted by Gasteiger charge is -2.08. The Morgan fingerprint density at radius 3 is 2.79 bits per heavy atom. The van der Waals surface area contributed by atoms with Crippen LogP contribution in [0.2, 0.25) is 0 Å². The van der Waals surface area contributed by atoms with Gasteiger partial charge in [-0.15, -0.1) is 0 Å². The van der Waals surface area contributed by atoms with E-state index in [0.29, 0.717) is 5.92 Å². The van der Waals surface area contributed by atoms with E-state index in [1.54, 1.807) is 4.68 Å². The maximum absolute atomic E-state index is 6.32. The van der Waals surface area contributed by atoms with Crippen LogP contribution in [0.5, 0.6) is 0 Å². The number of rotatable bonds is 5. The zero-order valence-corrected chi connectivity index (χ0v) is 11.6. The highest BCUT2D eigenvalue weighted by Gasteiger charge is 2.31. The molecule has 2 heterocycles. The fraction of sp³-hybridized carbons (Fsp3) is 0.571. The second kappa shape index (κ2) is 4.72. The van der Waals surface area contributed by atoms with Crippen molar-refractivity contribution in [1.29, 1.82) is 0 Å². The molecule has 0 amide bonds. The Kier molecular flexibility index (Phi) is 3.05. The lowest BCUT2D eigenvalue weighted by Crippen LogP contribution is -2.06. The predicted molar refractivity (Wildman–Crippen MR) is 75.7 cm³/mol. The van der Waals surface area contributed by atoms with E-state index in [4.69, 9.17) is 10.7 Å². The number of aryl methyl sites for hydroxylation is 1. The van der Waals surface area contributed by atoms with Crippen molar-refractivity contribution in [3.05, 3.63) is 18.2 Å². The number of hydrogen-bond acceptors (Lipinski definition) is 3. The van der Waals surface area contributed by atoms with Gasteiger partial charge in [-0.2, -0.15) is 5.10 Å². The normalized spacial score (nSPS) is 15.1. The van der Waals surface area contributed by atoms with E-state index in [1.807, 2.05) is 19.4 Å². The molecule has 0 spiro atoms. The van der Waals surface area contributed by atoms with Crippen molar-refractivity contribution in [2.24, 2.45) is 7.05 Å². The number of hydrogen-bond donors (Lipinski definition) is 1. The molecule has 1 saturated carbocycles. The number of nitrogens with two attached hydrogens (primary N) is 1. The Hall–Kier alpha value is -1.78. The maximum atomic E-state index is 6.32. The van der Waals surface area contributed by atoms with Gasteiger partial charge >= 0.3 is 0 Å². The Morgan fingerprint density at radius 2 is 2.21 bits per heavy atom. The van der Waals surface area contributed by atoms with Crippen LogP contribution in [0.4, 0.5) is 5.82 Å². The minimum absolute atomic E-state index is 0.615. The van der Waals surface area contributed by atoms with Crippen LogP contribution in [-0.2, 0) is 13.6 Å². The zero-order chi connectivity index (χ0) is 13.4. The van der Waals surface area contributed by atoms with Crippen LogP contribution in [0.3, 0.4) is 0 Å². The molecule has 5 heteroatoms. The van der Waals surface area contributed by atoms with Gasteiger partial charge in [0.05, 0.1) is 6.20 Å². The van der Waals surface area contributed by atoms with Crippen molar-refractivity contribution < 1.29 is 0 Å². The first-order chi connectivity index (χ1) is 9.20. The smallest absolute Gasteiger partial charge is 0.131 e. The molecule has 3 rings (SSSR count). The Morgan fingerprint density at radius 1 is 1.42 bits per heavy atom. The summed E-state index contributed by atoms with van der Waals surface area (Å²) in [6, 6.07) is 0. The molecule has 102 valence electrons. The van der Waals surface area contributed by atoms with Crippen molar-refractivity contribution in [2.45, 2.75) is 45.1 Å². The molecule has 0 aromatic carbocycles. The highest BCUT2D eigenvalue weighted by atomic mass is 15.2. The third kappa shape index (κ3) is 2.25. The van der Waals surface area contributed by atoms with E-state index in [-0.39, 0.29) is 0 Å². The molecule has 5 nitrogen and oxygen atoms in total. The molecule has 0 aliphatic heterocycles. The minimum atomic E-state index is 0.615. The highest BCUT2D eigenvalue weighted by molar-refractivity contribution is 5.70. The van der Waals surface area contributed by atoms with Gasteiger partial charge in [-0.25, -0.2) is 4.98 Å². The van der Waals surface area contributed by atoms with Gasteiger partial charge in [-0.05, 0) is 19.3 Å². The molecule has 1 fully saturated rings. The van der Waals surface area contributed by atoms with E-state index >= 15 is 0 Å². The van der Waals surface area contributed by atoms with E-state index in [9.17, 15) is 0 Å². The molecule has 1 aliphatic carbocycles. The van der Waals surface area contributed by atoms with Crippen LogP contribution in [0.1, 0.15) is 44.3 Å². The molecule has 2 N–H and O–H groups in total. The van der Waals surface area contributed by atoms with Crippen molar-refractivity contribution in [3.8, 4) is 11.3 Å². The summed E-state index contributed by atoms with van der Waals surface area (Å²) in [4.78, 5) is 4.79. The molecule has 0 bridgehead atoms. The molecule has 2 aromatic heterocycles. The van der Waals surface area contributed by atoms with E-state index in [2.05, 4.69) is 16.6 Å². The second-order valence-corrected chi connectivity index (χ2v) is 5.39. The molecule has 2 aromatic rings. The van der Waals surface area contributed by atoms with Gasteiger partial charge in [0, 0.05) is 31.3 Å². The number of nitrogens with zero attached hydrogens (tertiary/aromatic N) is 4. The van der Waals surface area contributed by atoms with E-state index in [0.717, 1.165) is 30.0 Å².